The number of benzene rings is 1. The van der Waals surface area contributed by atoms with Crippen molar-refractivity contribution in [1.82, 2.24) is 5.32 Å². The van der Waals surface area contributed by atoms with Gasteiger partial charge in [-0.3, -0.25) is 9.59 Å². The molecule has 2 rings (SSSR count). The van der Waals surface area contributed by atoms with Crippen LogP contribution in [0.3, 0.4) is 0 Å². The van der Waals surface area contributed by atoms with E-state index < -0.39 is 0 Å². The lowest BCUT2D eigenvalue weighted by Crippen LogP contribution is -2.54. The minimum absolute atomic E-state index is 0.00832. The van der Waals surface area contributed by atoms with Crippen LogP contribution in [0.4, 0.5) is 5.69 Å². The Balaban J connectivity index is 2.12. The van der Waals surface area contributed by atoms with Gasteiger partial charge in [-0.15, -0.1) is 0 Å². The fourth-order valence-electron chi connectivity index (χ4n) is 2.24. The monoisotopic (exact) mass is 276 g/mol. The summed E-state index contributed by atoms with van der Waals surface area (Å²) in [6.07, 6.45) is 1.72. The lowest BCUT2D eigenvalue weighted by Gasteiger charge is -2.36. The first kappa shape index (κ1) is 14.5. The number of nitrogens with zero attached hydrogens (tertiary/aromatic N) is 1. The van der Waals surface area contributed by atoms with E-state index in [1.165, 1.54) is 0 Å². The third kappa shape index (κ3) is 3.36. The van der Waals surface area contributed by atoms with E-state index in [2.05, 4.69) is 5.32 Å². The molecule has 1 aliphatic heterocycles. The normalized spacial score (nSPS) is 18.6. The number of nitrogens with one attached hydrogen (secondary N) is 1. The zero-order valence-corrected chi connectivity index (χ0v) is 11.7. The lowest BCUT2D eigenvalue weighted by atomic mass is 10.1. The first-order valence-corrected chi connectivity index (χ1v) is 6.93. The second-order valence-electron chi connectivity index (χ2n) is 4.78. The van der Waals surface area contributed by atoms with Gasteiger partial charge < -0.3 is 15.0 Å². The molecule has 0 aliphatic carbocycles. The summed E-state index contributed by atoms with van der Waals surface area (Å²) in [4.78, 5) is 24.9. The summed E-state index contributed by atoms with van der Waals surface area (Å²) in [6, 6.07) is 6.96. The minimum Gasteiger partial charge on any atom is -0.377 e. The number of ether oxygens (including phenoxy) is 1. The summed E-state index contributed by atoms with van der Waals surface area (Å²) in [5, 5.41) is 2.91. The molecular weight excluding hydrogens is 256 g/mol. The number of morpholine rings is 1. The number of rotatable bonds is 5. The Morgan fingerprint density at radius 1 is 1.45 bits per heavy atom. The lowest BCUT2D eigenvalue weighted by molar-refractivity contribution is -0.124. The first-order chi connectivity index (χ1) is 9.76. The molecule has 1 atom stereocenters. The van der Waals surface area contributed by atoms with Crippen molar-refractivity contribution in [1.29, 1.82) is 0 Å². The quantitative estimate of drug-likeness (QED) is 0.822. The molecule has 0 saturated carbocycles. The van der Waals surface area contributed by atoms with Crippen LogP contribution in [-0.2, 0) is 9.53 Å². The van der Waals surface area contributed by atoms with E-state index in [1.807, 2.05) is 24.0 Å². The topological polar surface area (TPSA) is 58.6 Å². The highest BCUT2D eigenvalue weighted by molar-refractivity contribution is 5.86. The van der Waals surface area contributed by atoms with Gasteiger partial charge in [0.05, 0.1) is 13.2 Å². The molecule has 20 heavy (non-hydrogen) atoms. The van der Waals surface area contributed by atoms with Crippen LogP contribution in [-0.4, -0.2) is 44.5 Å². The Morgan fingerprint density at radius 3 is 2.85 bits per heavy atom. The number of carbonyl (C=O) groups excluding carboxylic acids is 2. The summed E-state index contributed by atoms with van der Waals surface area (Å²) in [6.45, 7) is 4.36. The van der Waals surface area contributed by atoms with E-state index in [0.717, 1.165) is 18.4 Å². The maximum absolute atomic E-state index is 12.2. The van der Waals surface area contributed by atoms with E-state index in [4.69, 9.17) is 4.74 Å². The molecule has 5 nitrogen and oxygen atoms in total. The van der Waals surface area contributed by atoms with Crippen molar-refractivity contribution in [3.05, 3.63) is 29.8 Å². The predicted molar refractivity (Wildman–Crippen MR) is 77.1 cm³/mol. The Hall–Kier alpha value is -1.88. The highest BCUT2D eigenvalue weighted by Gasteiger charge is 2.29. The zero-order valence-electron chi connectivity index (χ0n) is 11.7. The molecule has 1 aromatic rings. The fourth-order valence-corrected chi connectivity index (χ4v) is 2.24. The van der Waals surface area contributed by atoms with Gasteiger partial charge in [-0.1, -0.05) is 6.92 Å². The Morgan fingerprint density at radius 2 is 2.20 bits per heavy atom. The summed E-state index contributed by atoms with van der Waals surface area (Å²) in [5.41, 5.74) is 1.57. The predicted octanol–water partition coefficient (Wildman–Crippen LogP) is 1.23. The largest absolute Gasteiger partial charge is 0.377 e. The molecule has 108 valence electrons. The molecule has 1 unspecified atom stereocenters. The summed E-state index contributed by atoms with van der Waals surface area (Å²) in [5.74, 6) is -0.00832. The standard InChI is InChI=1S/C15H20N2O3/c1-2-7-16-15(19)14-11-20-9-8-17(14)13-5-3-12(10-18)4-6-13/h3-6,10,14H,2,7-9,11H2,1H3,(H,16,19). The number of amides is 1. The Kier molecular flexibility index (Phi) is 5.12. The molecule has 1 heterocycles. The Bertz CT molecular complexity index is 459. The van der Waals surface area contributed by atoms with E-state index in [-0.39, 0.29) is 11.9 Å². The second-order valence-corrected chi connectivity index (χ2v) is 4.78. The first-order valence-electron chi connectivity index (χ1n) is 6.93. The van der Waals surface area contributed by atoms with Crippen LogP contribution in [0.15, 0.2) is 24.3 Å². The van der Waals surface area contributed by atoms with Crippen molar-refractivity contribution < 1.29 is 14.3 Å². The maximum Gasteiger partial charge on any atom is 0.245 e. The van der Waals surface area contributed by atoms with Gasteiger partial charge in [0.1, 0.15) is 12.3 Å². The SMILES string of the molecule is CCCNC(=O)C1COCCN1c1ccc(C=O)cc1. The maximum atomic E-state index is 12.2. The summed E-state index contributed by atoms with van der Waals surface area (Å²) >= 11 is 0. The van der Waals surface area contributed by atoms with Crippen molar-refractivity contribution in [2.24, 2.45) is 0 Å². The van der Waals surface area contributed by atoms with Crippen LogP contribution in [0.2, 0.25) is 0 Å². The molecular formula is C15H20N2O3. The van der Waals surface area contributed by atoms with Crippen molar-refractivity contribution in [3.8, 4) is 0 Å². The van der Waals surface area contributed by atoms with Gasteiger partial charge in [-0.25, -0.2) is 0 Å². The highest BCUT2D eigenvalue weighted by atomic mass is 16.5. The Labute approximate surface area is 118 Å². The molecule has 1 fully saturated rings. The van der Waals surface area contributed by atoms with E-state index in [0.29, 0.717) is 31.9 Å². The molecule has 1 aromatic carbocycles. The molecule has 0 aromatic heterocycles. The number of carbonyl (C=O) groups is 2. The molecule has 5 heteroatoms. The average Bonchev–Trinajstić information content (AvgIpc) is 2.52. The van der Waals surface area contributed by atoms with Crippen LogP contribution in [0.1, 0.15) is 23.7 Å². The van der Waals surface area contributed by atoms with Crippen LogP contribution in [0.25, 0.3) is 0 Å². The molecule has 1 amide bonds. The highest BCUT2D eigenvalue weighted by Crippen LogP contribution is 2.20. The van der Waals surface area contributed by atoms with Gasteiger partial charge >= 0.3 is 0 Å². The average molecular weight is 276 g/mol. The van der Waals surface area contributed by atoms with Crippen LogP contribution >= 0.6 is 0 Å². The van der Waals surface area contributed by atoms with Crippen molar-refractivity contribution in [2.75, 3.05) is 31.2 Å². The molecule has 0 radical (unpaired) electrons. The molecule has 0 bridgehead atoms. The molecule has 0 spiro atoms. The summed E-state index contributed by atoms with van der Waals surface area (Å²) in [7, 11) is 0. The third-order valence-electron chi connectivity index (χ3n) is 3.34. The number of aldehydes is 1. The molecule has 1 aliphatic rings. The fraction of sp³-hybridized carbons (Fsp3) is 0.467. The van der Waals surface area contributed by atoms with E-state index in [9.17, 15) is 9.59 Å². The number of anilines is 1. The summed E-state index contributed by atoms with van der Waals surface area (Å²) < 4.78 is 5.42. The van der Waals surface area contributed by atoms with Gasteiger partial charge in [0.15, 0.2) is 0 Å². The van der Waals surface area contributed by atoms with Crippen LogP contribution < -0.4 is 10.2 Å². The third-order valence-corrected chi connectivity index (χ3v) is 3.34. The van der Waals surface area contributed by atoms with Crippen molar-refractivity contribution >= 4 is 17.9 Å². The van der Waals surface area contributed by atoms with Crippen molar-refractivity contribution in [3.63, 3.8) is 0 Å². The van der Waals surface area contributed by atoms with Crippen LogP contribution in [0, 0.1) is 0 Å². The molecule has 1 N–H and O–H groups in total. The molecule has 1 saturated heterocycles. The van der Waals surface area contributed by atoms with Gasteiger partial charge in [-0.05, 0) is 30.7 Å². The minimum atomic E-state index is -0.308. The smallest absolute Gasteiger partial charge is 0.245 e. The van der Waals surface area contributed by atoms with Gasteiger partial charge in [0, 0.05) is 24.3 Å². The van der Waals surface area contributed by atoms with Crippen LogP contribution in [0.5, 0.6) is 0 Å². The number of hydrogen-bond acceptors (Lipinski definition) is 4. The van der Waals surface area contributed by atoms with Gasteiger partial charge in [-0.2, -0.15) is 0 Å². The van der Waals surface area contributed by atoms with E-state index >= 15 is 0 Å². The zero-order chi connectivity index (χ0) is 14.4. The van der Waals surface area contributed by atoms with Crippen molar-refractivity contribution in [2.45, 2.75) is 19.4 Å². The second kappa shape index (κ2) is 7.05. The number of hydrogen-bond donors (Lipinski definition) is 1. The van der Waals surface area contributed by atoms with Gasteiger partial charge in [0.2, 0.25) is 5.91 Å². The van der Waals surface area contributed by atoms with E-state index in [1.54, 1.807) is 12.1 Å². The van der Waals surface area contributed by atoms with Gasteiger partial charge in [0.25, 0.3) is 0 Å².